The number of rotatable bonds is 1. The third-order valence-electron chi connectivity index (χ3n) is 2.19. The van der Waals surface area contributed by atoms with Gasteiger partial charge in [0.15, 0.2) is 0 Å². The van der Waals surface area contributed by atoms with E-state index in [4.69, 9.17) is 0 Å². The van der Waals surface area contributed by atoms with Gasteiger partial charge in [0.2, 0.25) is 0 Å². The highest BCUT2D eigenvalue weighted by atomic mass is 79.9. The zero-order chi connectivity index (χ0) is 9.26. The summed E-state index contributed by atoms with van der Waals surface area (Å²) in [6.07, 6.45) is 0. The average molecular weight is 239 g/mol. The van der Waals surface area contributed by atoms with Crippen molar-refractivity contribution in [1.82, 2.24) is 0 Å². The molecule has 3 heteroatoms. The number of hydrogen-bond donors (Lipinski definition) is 0. The molecule has 1 aliphatic heterocycles. The van der Waals surface area contributed by atoms with E-state index in [0.717, 1.165) is 23.4 Å². The average Bonchev–Trinajstić information content (AvgIpc) is 2.53. The smallest absolute Gasteiger partial charge is 0.100 e. The highest BCUT2D eigenvalue weighted by molar-refractivity contribution is 9.10. The molecule has 0 saturated heterocycles. The summed E-state index contributed by atoms with van der Waals surface area (Å²) >= 11 is 3.42. The van der Waals surface area contributed by atoms with Crippen molar-refractivity contribution in [3.8, 4) is 0 Å². The summed E-state index contributed by atoms with van der Waals surface area (Å²) < 4.78 is 1.12. The highest BCUT2D eigenvalue weighted by Gasteiger charge is 2.13. The second kappa shape index (κ2) is 3.50. The van der Waals surface area contributed by atoms with E-state index in [2.05, 4.69) is 57.0 Å². The summed E-state index contributed by atoms with van der Waals surface area (Å²) in [5.74, 6) is 1.11. The van der Waals surface area contributed by atoms with Gasteiger partial charge in [-0.05, 0) is 31.2 Å². The van der Waals surface area contributed by atoms with Gasteiger partial charge in [-0.25, -0.2) is 0 Å². The van der Waals surface area contributed by atoms with E-state index in [1.165, 1.54) is 5.69 Å². The third kappa shape index (κ3) is 1.75. The summed E-state index contributed by atoms with van der Waals surface area (Å²) in [6.45, 7) is 3.98. The van der Waals surface area contributed by atoms with Crippen LogP contribution in [0.15, 0.2) is 33.7 Å². The van der Waals surface area contributed by atoms with Gasteiger partial charge in [-0.15, -0.1) is 0 Å². The summed E-state index contributed by atoms with van der Waals surface area (Å²) in [4.78, 5) is 6.58. The van der Waals surface area contributed by atoms with Crippen molar-refractivity contribution >= 4 is 27.5 Å². The van der Waals surface area contributed by atoms with Crippen molar-refractivity contribution in [1.29, 1.82) is 0 Å². The molecule has 1 aromatic rings. The highest BCUT2D eigenvalue weighted by Crippen LogP contribution is 2.20. The van der Waals surface area contributed by atoms with Crippen molar-refractivity contribution in [3.05, 3.63) is 28.7 Å². The molecule has 0 fully saturated rings. The lowest BCUT2D eigenvalue weighted by atomic mass is 10.3. The molecule has 68 valence electrons. The fourth-order valence-electron chi connectivity index (χ4n) is 1.50. The second-order valence-electron chi connectivity index (χ2n) is 3.06. The van der Waals surface area contributed by atoms with Gasteiger partial charge < -0.3 is 4.90 Å². The SMILES string of the molecule is CC1=NCCN1c1ccc(Br)cc1. The first kappa shape index (κ1) is 8.75. The summed E-state index contributed by atoms with van der Waals surface area (Å²) in [5.41, 5.74) is 1.22. The first-order valence-corrected chi connectivity index (χ1v) is 5.11. The van der Waals surface area contributed by atoms with Crippen LogP contribution in [-0.2, 0) is 0 Å². The van der Waals surface area contributed by atoms with Gasteiger partial charge in [0.05, 0.1) is 6.54 Å². The maximum atomic E-state index is 4.35. The molecule has 1 aromatic carbocycles. The molecule has 0 saturated carbocycles. The molecule has 1 aliphatic rings. The van der Waals surface area contributed by atoms with Crippen molar-refractivity contribution in [2.75, 3.05) is 18.0 Å². The predicted octanol–water partition coefficient (Wildman–Crippen LogP) is 2.69. The van der Waals surface area contributed by atoms with Crippen LogP contribution in [0.1, 0.15) is 6.92 Å². The minimum absolute atomic E-state index is 0.919. The zero-order valence-corrected chi connectivity index (χ0v) is 9.08. The molecule has 0 unspecified atom stereocenters. The number of amidine groups is 1. The van der Waals surface area contributed by atoms with Gasteiger partial charge in [-0.2, -0.15) is 0 Å². The van der Waals surface area contributed by atoms with E-state index in [0.29, 0.717) is 0 Å². The molecule has 0 atom stereocenters. The number of aliphatic imine (C=N–C) groups is 1. The van der Waals surface area contributed by atoms with Gasteiger partial charge in [0, 0.05) is 16.7 Å². The fourth-order valence-corrected chi connectivity index (χ4v) is 1.76. The maximum Gasteiger partial charge on any atom is 0.100 e. The quantitative estimate of drug-likeness (QED) is 0.735. The van der Waals surface area contributed by atoms with Crippen LogP contribution in [0.2, 0.25) is 0 Å². The van der Waals surface area contributed by atoms with E-state index < -0.39 is 0 Å². The van der Waals surface area contributed by atoms with Gasteiger partial charge in [-0.1, -0.05) is 15.9 Å². The third-order valence-corrected chi connectivity index (χ3v) is 2.72. The summed E-state index contributed by atoms with van der Waals surface area (Å²) in [6, 6.07) is 8.32. The Morgan fingerprint density at radius 3 is 2.54 bits per heavy atom. The Morgan fingerprint density at radius 2 is 2.00 bits per heavy atom. The molecule has 1 heterocycles. The van der Waals surface area contributed by atoms with Crippen LogP contribution in [0, 0.1) is 0 Å². The zero-order valence-electron chi connectivity index (χ0n) is 7.50. The normalized spacial score (nSPS) is 16.2. The summed E-state index contributed by atoms with van der Waals surface area (Å²) in [7, 11) is 0. The minimum Gasteiger partial charge on any atom is -0.329 e. The van der Waals surface area contributed by atoms with E-state index in [-0.39, 0.29) is 0 Å². The molecule has 0 aliphatic carbocycles. The molecular formula is C10H11BrN2. The Morgan fingerprint density at radius 1 is 1.31 bits per heavy atom. The van der Waals surface area contributed by atoms with Crippen LogP contribution in [0.25, 0.3) is 0 Å². The van der Waals surface area contributed by atoms with Crippen LogP contribution in [0.3, 0.4) is 0 Å². The lowest BCUT2D eigenvalue weighted by molar-refractivity contribution is 1.02. The van der Waals surface area contributed by atoms with Gasteiger partial charge in [-0.3, -0.25) is 4.99 Å². The van der Waals surface area contributed by atoms with Gasteiger partial charge in [0.1, 0.15) is 5.84 Å². The van der Waals surface area contributed by atoms with Crippen LogP contribution in [0.4, 0.5) is 5.69 Å². The van der Waals surface area contributed by atoms with Crippen LogP contribution >= 0.6 is 15.9 Å². The molecule has 2 nitrogen and oxygen atoms in total. The molecule has 0 N–H and O–H groups in total. The molecule has 0 bridgehead atoms. The summed E-state index contributed by atoms with van der Waals surface area (Å²) in [5, 5.41) is 0. The fraction of sp³-hybridized carbons (Fsp3) is 0.300. The first-order chi connectivity index (χ1) is 6.27. The van der Waals surface area contributed by atoms with E-state index in [1.54, 1.807) is 0 Å². The van der Waals surface area contributed by atoms with Crippen molar-refractivity contribution < 1.29 is 0 Å². The number of benzene rings is 1. The maximum absolute atomic E-state index is 4.35. The van der Waals surface area contributed by atoms with Gasteiger partial charge in [0.25, 0.3) is 0 Å². The Bertz CT molecular complexity index is 329. The number of halogens is 1. The standard InChI is InChI=1S/C10H11BrN2/c1-8-12-6-7-13(8)10-4-2-9(11)3-5-10/h2-5H,6-7H2,1H3. The molecule has 0 aromatic heterocycles. The number of anilines is 1. The Kier molecular flexibility index (Phi) is 2.36. The van der Waals surface area contributed by atoms with Crippen LogP contribution in [0.5, 0.6) is 0 Å². The number of hydrogen-bond acceptors (Lipinski definition) is 2. The van der Waals surface area contributed by atoms with Gasteiger partial charge >= 0.3 is 0 Å². The molecular weight excluding hydrogens is 228 g/mol. The van der Waals surface area contributed by atoms with Crippen molar-refractivity contribution in [2.24, 2.45) is 4.99 Å². The largest absolute Gasteiger partial charge is 0.329 e. The second-order valence-corrected chi connectivity index (χ2v) is 3.97. The Labute approximate surface area is 86.4 Å². The monoisotopic (exact) mass is 238 g/mol. The molecule has 0 amide bonds. The lowest BCUT2D eigenvalue weighted by Gasteiger charge is -2.17. The predicted molar refractivity (Wildman–Crippen MR) is 59.5 cm³/mol. The molecule has 0 spiro atoms. The minimum atomic E-state index is 0.919. The first-order valence-electron chi connectivity index (χ1n) is 4.31. The molecule has 13 heavy (non-hydrogen) atoms. The topological polar surface area (TPSA) is 15.6 Å². The van der Waals surface area contributed by atoms with Crippen molar-refractivity contribution in [2.45, 2.75) is 6.92 Å². The lowest BCUT2D eigenvalue weighted by Crippen LogP contribution is -2.24. The molecule has 0 radical (unpaired) electrons. The van der Waals surface area contributed by atoms with Crippen molar-refractivity contribution in [3.63, 3.8) is 0 Å². The van der Waals surface area contributed by atoms with E-state index in [9.17, 15) is 0 Å². The van der Waals surface area contributed by atoms with E-state index in [1.807, 2.05) is 0 Å². The number of nitrogens with zero attached hydrogens (tertiary/aromatic N) is 2. The van der Waals surface area contributed by atoms with E-state index >= 15 is 0 Å². The molecule has 2 rings (SSSR count). The Balaban J connectivity index is 2.26. The van der Waals surface area contributed by atoms with Crippen LogP contribution < -0.4 is 4.90 Å². The Hall–Kier alpha value is -0.830. The van der Waals surface area contributed by atoms with Crippen LogP contribution in [-0.4, -0.2) is 18.9 Å².